The molecule has 3 aromatic rings. The third kappa shape index (κ3) is 3.40. The van der Waals surface area contributed by atoms with Gasteiger partial charge in [0.2, 0.25) is 5.95 Å². The Morgan fingerprint density at radius 1 is 1.11 bits per heavy atom. The Bertz CT molecular complexity index is 995. The van der Waals surface area contributed by atoms with Crippen molar-refractivity contribution in [1.29, 1.82) is 0 Å². The number of rotatable bonds is 6. The van der Waals surface area contributed by atoms with Gasteiger partial charge in [-0.25, -0.2) is 0 Å². The lowest BCUT2D eigenvalue weighted by Crippen LogP contribution is -2.12. The van der Waals surface area contributed by atoms with Crippen LogP contribution in [0.15, 0.2) is 47.6 Å². The molecule has 1 N–H and O–H groups in total. The number of aliphatic imine (C=N–C) groups is 1. The first-order chi connectivity index (χ1) is 13.7. The number of nitrogens with one attached hydrogen (secondary N) is 1. The minimum absolute atomic E-state index is 0.0992. The van der Waals surface area contributed by atoms with E-state index in [-0.39, 0.29) is 6.04 Å². The van der Waals surface area contributed by atoms with Gasteiger partial charge in [0.15, 0.2) is 5.82 Å². The smallest absolute Gasteiger partial charge is 0.229 e. The maximum Gasteiger partial charge on any atom is 0.229 e. The molecule has 0 bridgehead atoms. The molecule has 0 aliphatic carbocycles. The molecule has 0 radical (unpaired) electrons. The minimum Gasteiger partial charge on any atom is -0.354 e. The highest BCUT2D eigenvalue weighted by atomic mass is 35.5. The number of pyridine rings is 1. The van der Waals surface area contributed by atoms with Gasteiger partial charge in [0.1, 0.15) is 6.04 Å². The first-order valence-corrected chi connectivity index (χ1v) is 10.1. The molecule has 1 aromatic carbocycles. The summed E-state index contributed by atoms with van der Waals surface area (Å²) in [5.41, 5.74) is 3.60. The standard InChI is InChI=1S/C21H23ClN6/c1-3-7-17-20-26-27-21(24-11-4-2)28(20)18-13-14(22)9-10-15(18)19(25-17)16-8-5-6-12-23-16/h5-6,8-10,12-13,17H,3-4,7,11H2,1-2H3,(H,24,27). The Hall–Kier alpha value is -2.73. The van der Waals surface area contributed by atoms with E-state index < -0.39 is 0 Å². The molecule has 0 amide bonds. The molecule has 0 saturated heterocycles. The van der Waals surface area contributed by atoms with E-state index in [1.54, 1.807) is 6.20 Å². The van der Waals surface area contributed by atoms with Crippen molar-refractivity contribution < 1.29 is 0 Å². The summed E-state index contributed by atoms with van der Waals surface area (Å²) >= 11 is 6.38. The molecule has 4 rings (SSSR count). The summed E-state index contributed by atoms with van der Waals surface area (Å²) in [4.78, 5) is 9.66. The summed E-state index contributed by atoms with van der Waals surface area (Å²) in [6, 6.07) is 11.6. The third-order valence-corrected chi connectivity index (χ3v) is 4.96. The summed E-state index contributed by atoms with van der Waals surface area (Å²) in [6.07, 6.45) is 4.66. The van der Waals surface area contributed by atoms with E-state index >= 15 is 0 Å². The fraction of sp³-hybridized carbons (Fsp3) is 0.333. The van der Waals surface area contributed by atoms with E-state index in [4.69, 9.17) is 16.6 Å². The Balaban J connectivity index is 1.97. The van der Waals surface area contributed by atoms with Gasteiger partial charge in [-0.05, 0) is 43.2 Å². The van der Waals surface area contributed by atoms with Crippen molar-refractivity contribution in [1.82, 2.24) is 19.7 Å². The van der Waals surface area contributed by atoms with E-state index in [0.717, 1.165) is 60.2 Å². The van der Waals surface area contributed by atoms with Gasteiger partial charge in [0.05, 0.1) is 17.1 Å². The molecule has 2 aromatic heterocycles. The van der Waals surface area contributed by atoms with Crippen LogP contribution in [0.1, 0.15) is 56.2 Å². The number of fused-ring (bicyclic) bond motifs is 3. The second-order valence-electron chi connectivity index (χ2n) is 6.80. The predicted molar refractivity (Wildman–Crippen MR) is 113 cm³/mol. The average molecular weight is 395 g/mol. The monoisotopic (exact) mass is 394 g/mol. The van der Waals surface area contributed by atoms with E-state index in [2.05, 4.69) is 38.9 Å². The Labute approximate surface area is 169 Å². The SMILES string of the molecule is CCCNc1nnc2n1-c1cc(Cl)ccc1C(c1ccccn1)=NC2CCC. The summed E-state index contributed by atoms with van der Waals surface area (Å²) < 4.78 is 2.07. The van der Waals surface area contributed by atoms with Crippen LogP contribution in [0.4, 0.5) is 5.95 Å². The van der Waals surface area contributed by atoms with Crippen LogP contribution in [0.5, 0.6) is 0 Å². The Morgan fingerprint density at radius 3 is 2.75 bits per heavy atom. The lowest BCUT2D eigenvalue weighted by atomic mass is 10.0. The van der Waals surface area contributed by atoms with Gasteiger partial charge in [0.25, 0.3) is 0 Å². The van der Waals surface area contributed by atoms with Gasteiger partial charge >= 0.3 is 0 Å². The van der Waals surface area contributed by atoms with Crippen molar-refractivity contribution in [3.8, 4) is 5.69 Å². The zero-order chi connectivity index (χ0) is 19.5. The van der Waals surface area contributed by atoms with Gasteiger partial charge in [0, 0.05) is 23.3 Å². The van der Waals surface area contributed by atoms with Crippen molar-refractivity contribution >= 4 is 23.3 Å². The molecule has 7 heteroatoms. The van der Waals surface area contributed by atoms with Crippen LogP contribution in [0.3, 0.4) is 0 Å². The van der Waals surface area contributed by atoms with Gasteiger partial charge < -0.3 is 5.32 Å². The second-order valence-corrected chi connectivity index (χ2v) is 7.24. The zero-order valence-electron chi connectivity index (χ0n) is 16.1. The number of hydrogen-bond donors (Lipinski definition) is 1. The predicted octanol–water partition coefficient (Wildman–Crippen LogP) is 4.83. The van der Waals surface area contributed by atoms with Gasteiger partial charge in [-0.3, -0.25) is 14.5 Å². The second kappa shape index (κ2) is 8.10. The van der Waals surface area contributed by atoms with Crippen LogP contribution in [-0.2, 0) is 0 Å². The van der Waals surface area contributed by atoms with Crippen LogP contribution in [0.2, 0.25) is 5.02 Å². The normalized spacial score (nSPS) is 15.4. The van der Waals surface area contributed by atoms with Crippen LogP contribution in [0, 0.1) is 0 Å². The zero-order valence-corrected chi connectivity index (χ0v) is 16.8. The number of anilines is 1. The molecular formula is C21H23ClN6. The van der Waals surface area contributed by atoms with Crippen molar-refractivity contribution in [3.63, 3.8) is 0 Å². The van der Waals surface area contributed by atoms with Crippen LogP contribution in [0.25, 0.3) is 5.69 Å². The first-order valence-electron chi connectivity index (χ1n) is 9.71. The van der Waals surface area contributed by atoms with Crippen LogP contribution in [-0.4, -0.2) is 32.0 Å². The van der Waals surface area contributed by atoms with E-state index in [1.165, 1.54) is 0 Å². The van der Waals surface area contributed by atoms with Gasteiger partial charge in [-0.1, -0.05) is 37.9 Å². The minimum atomic E-state index is -0.0992. The summed E-state index contributed by atoms with van der Waals surface area (Å²) in [5, 5.41) is 13.0. The number of nitrogens with zero attached hydrogens (tertiary/aromatic N) is 5. The Morgan fingerprint density at radius 2 is 2.00 bits per heavy atom. The van der Waals surface area contributed by atoms with Crippen LogP contribution < -0.4 is 5.32 Å². The number of aromatic nitrogens is 4. The maximum absolute atomic E-state index is 6.38. The summed E-state index contributed by atoms with van der Waals surface area (Å²) in [6.45, 7) is 5.10. The Kier molecular flexibility index (Phi) is 5.39. The summed E-state index contributed by atoms with van der Waals surface area (Å²) in [7, 11) is 0. The third-order valence-electron chi connectivity index (χ3n) is 4.73. The number of hydrogen-bond acceptors (Lipinski definition) is 5. The van der Waals surface area contributed by atoms with Crippen molar-refractivity contribution in [3.05, 3.63) is 64.7 Å². The highest BCUT2D eigenvalue weighted by molar-refractivity contribution is 6.31. The highest BCUT2D eigenvalue weighted by Gasteiger charge is 2.29. The molecular weight excluding hydrogens is 372 g/mol. The highest BCUT2D eigenvalue weighted by Crippen LogP contribution is 2.35. The molecule has 0 fully saturated rings. The largest absolute Gasteiger partial charge is 0.354 e. The molecule has 28 heavy (non-hydrogen) atoms. The quantitative estimate of drug-likeness (QED) is 0.650. The fourth-order valence-corrected chi connectivity index (χ4v) is 3.61. The topological polar surface area (TPSA) is 68.0 Å². The molecule has 1 unspecified atom stereocenters. The van der Waals surface area contributed by atoms with Crippen molar-refractivity contribution in [2.24, 2.45) is 4.99 Å². The molecule has 1 atom stereocenters. The lowest BCUT2D eigenvalue weighted by Gasteiger charge is -2.14. The van der Waals surface area contributed by atoms with E-state index in [9.17, 15) is 0 Å². The van der Waals surface area contributed by atoms with Crippen molar-refractivity contribution in [2.45, 2.75) is 39.2 Å². The fourth-order valence-electron chi connectivity index (χ4n) is 3.45. The molecule has 0 saturated carbocycles. The molecule has 1 aliphatic rings. The molecule has 1 aliphatic heterocycles. The maximum atomic E-state index is 6.38. The lowest BCUT2D eigenvalue weighted by molar-refractivity contribution is 0.597. The van der Waals surface area contributed by atoms with E-state index in [0.29, 0.717) is 5.02 Å². The van der Waals surface area contributed by atoms with Gasteiger partial charge in [-0.2, -0.15) is 0 Å². The average Bonchev–Trinajstić information content (AvgIpc) is 3.08. The number of benzene rings is 1. The molecule has 0 spiro atoms. The molecule has 3 heterocycles. The summed E-state index contributed by atoms with van der Waals surface area (Å²) in [5.74, 6) is 1.55. The molecule has 6 nitrogen and oxygen atoms in total. The van der Waals surface area contributed by atoms with Crippen molar-refractivity contribution in [2.75, 3.05) is 11.9 Å². The van der Waals surface area contributed by atoms with E-state index in [1.807, 2.05) is 36.4 Å². The van der Waals surface area contributed by atoms with Gasteiger partial charge in [-0.15, -0.1) is 10.2 Å². The first kappa shape index (κ1) is 18.6. The molecule has 144 valence electrons. The van der Waals surface area contributed by atoms with Crippen LogP contribution >= 0.6 is 11.6 Å². The number of halogens is 1.